The summed E-state index contributed by atoms with van der Waals surface area (Å²) in [6, 6.07) is 24.0. The second-order valence-corrected chi connectivity index (χ2v) is 10.8. The first-order valence-corrected chi connectivity index (χ1v) is 14.0. The molecule has 0 aliphatic carbocycles. The highest BCUT2D eigenvalue weighted by Gasteiger charge is 2.22. The molecule has 0 fully saturated rings. The van der Waals surface area contributed by atoms with Crippen molar-refractivity contribution in [3.05, 3.63) is 102 Å². The van der Waals surface area contributed by atoms with E-state index in [9.17, 15) is 4.79 Å². The maximum Gasteiger partial charge on any atom is 0.276 e. The van der Waals surface area contributed by atoms with Crippen LogP contribution in [0.4, 0.5) is 0 Å². The van der Waals surface area contributed by atoms with Gasteiger partial charge >= 0.3 is 0 Å². The van der Waals surface area contributed by atoms with Crippen molar-refractivity contribution in [1.29, 1.82) is 0 Å². The number of amides is 1. The number of nitrogens with zero attached hydrogens (tertiary/aromatic N) is 6. The molecule has 3 aromatic heterocycles. The van der Waals surface area contributed by atoms with Gasteiger partial charge in [0.05, 0.1) is 10.6 Å². The molecule has 10 heteroatoms. The Hall–Kier alpha value is -3.73. The molecule has 0 unspecified atom stereocenters. The van der Waals surface area contributed by atoms with Crippen molar-refractivity contribution >= 4 is 29.0 Å². The first kappa shape index (κ1) is 25.9. The fraction of sp³-hybridized carbons (Fsp3) is 0.214. The highest BCUT2D eigenvalue weighted by molar-refractivity contribution is 7.98. The highest BCUT2D eigenvalue weighted by atomic mass is 32.2. The zero-order valence-corrected chi connectivity index (χ0v) is 22.9. The van der Waals surface area contributed by atoms with Gasteiger partial charge in [0.25, 0.3) is 5.91 Å². The molecule has 0 bridgehead atoms. The number of para-hydroxylation sites is 1. The minimum absolute atomic E-state index is 0.150. The fourth-order valence-corrected chi connectivity index (χ4v) is 5.38. The van der Waals surface area contributed by atoms with Crippen molar-refractivity contribution in [2.24, 2.45) is 0 Å². The maximum atomic E-state index is 13.4. The van der Waals surface area contributed by atoms with Gasteiger partial charge in [0.15, 0.2) is 16.7 Å². The summed E-state index contributed by atoms with van der Waals surface area (Å²) in [7, 11) is 3.99. The predicted octanol–water partition coefficient (Wildman–Crippen LogP) is 5.48. The summed E-state index contributed by atoms with van der Waals surface area (Å²) in [5.74, 6) is 1.52. The monoisotopic (exact) mass is 544 g/mol. The second-order valence-electron chi connectivity index (χ2n) is 8.89. The summed E-state index contributed by atoms with van der Waals surface area (Å²) < 4.78 is 7.75. The van der Waals surface area contributed by atoms with E-state index in [0.29, 0.717) is 30.4 Å². The maximum absolute atomic E-state index is 13.4. The van der Waals surface area contributed by atoms with Crippen molar-refractivity contribution in [1.82, 2.24) is 29.5 Å². The number of carbonyl (C=O) groups is 1. The lowest BCUT2D eigenvalue weighted by atomic mass is 10.2. The quantitative estimate of drug-likeness (QED) is 0.204. The third-order valence-corrected chi connectivity index (χ3v) is 7.59. The molecule has 0 saturated heterocycles. The lowest BCUT2D eigenvalue weighted by Gasteiger charge is -2.23. The van der Waals surface area contributed by atoms with Gasteiger partial charge in [0.1, 0.15) is 6.26 Å². The van der Waals surface area contributed by atoms with Gasteiger partial charge in [-0.15, -0.1) is 21.5 Å². The lowest BCUT2D eigenvalue weighted by molar-refractivity contribution is 0.0726. The van der Waals surface area contributed by atoms with Crippen LogP contribution in [0.2, 0.25) is 0 Å². The van der Waals surface area contributed by atoms with E-state index in [2.05, 4.69) is 20.1 Å². The van der Waals surface area contributed by atoms with Gasteiger partial charge in [0.2, 0.25) is 5.89 Å². The van der Waals surface area contributed by atoms with E-state index in [1.165, 1.54) is 18.0 Å². The first-order chi connectivity index (χ1) is 18.6. The van der Waals surface area contributed by atoms with Crippen molar-refractivity contribution in [2.45, 2.75) is 17.5 Å². The third-order valence-electron chi connectivity index (χ3n) is 5.81. The van der Waals surface area contributed by atoms with Crippen LogP contribution in [-0.4, -0.2) is 62.6 Å². The Morgan fingerprint density at radius 3 is 2.45 bits per heavy atom. The molecule has 0 radical (unpaired) electrons. The molecule has 8 nitrogen and oxygen atoms in total. The predicted molar refractivity (Wildman–Crippen MR) is 150 cm³/mol. The summed E-state index contributed by atoms with van der Waals surface area (Å²) in [6.45, 7) is 1.85. The topological polar surface area (TPSA) is 80.3 Å². The van der Waals surface area contributed by atoms with E-state index in [1.54, 1.807) is 11.3 Å². The van der Waals surface area contributed by atoms with Crippen LogP contribution in [0.1, 0.15) is 21.9 Å². The molecule has 5 rings (SSSR count). The van der Waals surface area contributed by atoms with Gasteiger partial charge in [-0.2, -0.15) is 0 Å². The molecule has 0 spiro atoms. The molecule has 194 valence electrons. The molecular weight excluding hydrogens is 516 g/mol. The Kier molecular flexibility index (Phi) is 8.32. The molecule has 0 aliphatic heterocycles. The van der Waals surface area contributed by atoms with Gasteiger partial charge in [-0.3, -0.25) is 9.36 Å². The molecular formula is C28H28N6O2S2. The van der Waals surface area contributed by atoms with Crippen molar-refractivity contribution in [3.8, 4) is 16.4 Å². The van der Waals surface area contributed by atoms with E-state index in [4.69, 9.17) is 4.42 Å². The molecule has 0 aliphatic rings. The van der Waals surface area contributed by atoms with Gasteiger partial charge < -0.3 is 14.2 Å². The minimum atomic E-state index is -0.150. The summed E-state index contributed by atoms with van der Waals surface area (Å²) in [5.41, 5.74) is 2.35. The largest absolute Gasteiger partial charge is 0.447 e. The SMILES string of the molecule is CN(C)CCN(Cc1ccccc1)C(=O)c1coc(CSc2nnc(-c3cccs3)n2-c2ccccc2)n1. The Balaban J connectivity index is 1.32. The summed E-state index contributed by atoms with van der Waals surface area (Å²) in [4.78, 5) is 22.8. The van der Waals surface area contributed by atoms with Crippen molar-refractivity contribution < 1.29 is 9.21 Å². The Bertz CT molecular complexity index is 1450. The third kappa shape index (κ3) is 6.21. The Labute approximate surface area is 229 Å². The number of carbonyl (C=O) groups excluding carboxylic acids is 1. The second kappa shape index (κ2) is 12.2. The average Bonchev–Trinajstić information content (AvgIpc) is 3.71. The van der Waals surface area contributed by atoms with Crippen LogP contribution in [0.5, 0.6) is 0 Å². The Morgan fingerprint density at radius 2 is 1.74 bits per heavy atom. The number of thiophene rings is 1. The number of oxazole rings is 1. The van der Waals surface area contributed by atoms with Gasteiger partial charge in [0, 0.05) is 25.3 Å². The number of benzene rings is 2. The molecule has 1 amide bonds. The highest BCUT2D eigenvalue weighted by Crippen LogP contribution is 2.31. The lowest BCUT2D eigenvalue weighted by Crippen LogP contribution is -2.36. The minimum Gasteiger partial charge on any atom is -0.447 e. The van der Waals surface area contributed by atoms with Crippen LogP contribution < -0.4 is 0 Å². The van der Waals surface area contributed by atoms with Crippen LogP contribution >= 0.6 is 23.1 Å². The fourth-order valence-electron chi connectivity index (χ4n) is 3.88. The summed E-state index contributed by atoms with van der Waals surface area (Å²) >= 11 is 3.09. The van der Waals surface area contributed by atoms with Crippen LogP contribution in [0.3, 0.4) is 0 Å². The van der Waals surface area contributed by atoms with Crippen LogP contribution in [0, 0.1) is 0 Å². The van der Waals surface area contributed by atoms with E-state index in [-0.39, 0.29) is 5.91 Å². The molecule has 5 aromatic rings. The van der Waals surface area contributed by atoms with E-state index in [1.807, 2.05) is 102 Å². The molecule has 0 saturated carbocycles. The van der Waals surface area contributed by atoms with Crippen LogP contribution in [0.15, 0.2) is 94.0 Å². The molecule has 3 heterocycles. The zero-order valence-electron chi connectivity index (χ0n) is 21.2. The van der Waals surface area contributed by atoms with E-state index < -0.39 is 0 Å². The van der Waals surface area contributed by atoms with Gasteiger partial charge in [-0.25, -0.2) is 4.98 Å². The normalized spacial score (nSPS) is 11.2. The standard InChI is InChI=1S/C28H28N6O2S2/c1-32(2)15-16-33(18-21-10-5-3-6-11-21)27(35)23-19-36-25(29-23)20-38-28-31-30-26(24-14-9-17-37-24)34(28)22-12-7-4-8-13-22/h3-14,17,19H,15-16,18,20H2,1-2H3. The number of thioether (sulfide) groups is 1. The molecule has 0 N–H and O–H groups in total. The van der Waals surface area contributed by atoms with Crippen LogP contribution in [-0.2, 0) is 12.3 Å². The number of likely N-dealkylation sites (N-methyl/N-ethyl adjacent to an activating group) is 1. The van der Waals surface area contributed by atoms with E-state index >= 15 is 0 Å². The Morgan fingerprint density at radius 1 is 0.974 bits per heavy atom. The summed E-state index contributed by atoms with van der Waals surface area (Å²) in [5, 5.41) is 11.7. The number of aromatic nitrogens is 4. The first-order valence-electron chi connectivity index (χ1n) is 12.2. The molecule has 38 heavy (non-hydrogen) atoms. The smallest absolute Gasteiger partial charge is 0.276 e. The van der Waals surface area contributed by atoms with Crippen LogP contribution in [0.25, 0.3) is 16.4 Å². The number of hydrogen-bond acceptors (Lipinski definition) is 8. The van der Waals surface area contributed by atoms with E-state index in [0.717, 1.165) is 33.7 Å². The van der Waals surface area contributed by atoms with Gasteiger partial charge in [-0.05, 0) is 43.2 Å². The van der Waals surface area contributed by atoms with Crippen molar-refractivity contribution in [3.63, 3.8) is 0 Å². The number of rotatable bonds is 11. The average molecular weight is 545 g/mol. The zero-order chi connectivity index (χ0) is 26.3. The summed E-state index contributed by atoms with van der Waals surface area (Å²) in [6.07, 6.45) is 1.45. The van der Waals surface area contributed by atoms with Gasteiger partial charge in [-0.1, -0.05) is 66.4 Å². The molecule has 2 aromatic carbocycles. The molecule has 0 atom stereocenters. The van der Waals surface area contributed by atoms with Crippen molar-refractivity contribution in [2.75, 3.05) is 27.2 Å². The number of hydrogen-bond donors (Lipinski definition) is 0.